The molecule has 0 radical (unpaired) electrons. The van der Waals surface area contributed by atoms with Crippen LogP contribution in [0.15, 0.2) is 0 Å². The van der Waals surface area contributed by atoms with Crippen molar-refractivity contribution in [2.75, 3.05) is 33.0 Å². The van der Waals surface area contributed by atoms with Crippen LogP contribution in [0, 0.1) is 0 Å². The van der Waals surface area contributed by atoms with Crippen LogP contribution in [0.2, 0.25) is 0 Å². The van der Waals surface area contributed by atoms with Gasteiger partial charge in [0.2, 0.25) is 5.91 Å². The quantitative estimate of drug-likeness (QED) is 0.0770. The van der Waals surface area contributed by atoms with E-state index in [-0.39, 0.29) is 0 Å². The molecule has 0 aliphatic carbocycles. The van der Waals surface area contributed by atoms with Gasteiger partial charge in [0.25, 0.3) is 0 Å². The van der Waals surface area contributed by atoms with Crippen molar-refractivity contribution >= 4 is 5.91 Å². The van der Waals surface area contributed by atoms with Crippen LogP contribution in [0.3, 0.4) is 0 Å². The average molecular weight is 870 g/mol. The lowest BCUT2D eigenvalue weighted by Crippen LogP contribution is -2.67. The Balaban J connectivity index is 1.30. The summed E-state index contributed by atoms with van der Waals surface area (Å²) in [5.74, 6) is -0.676. The van der Waals surface area contributed by atoms with E-state index in [9.17, 15) is 86.5 Å². The monoisotopic (exact) mass is 869 g/mol. The van der Waals surface area contributed by atoms with Crippen LogP contribution in [-0.2, 0) is 47.4 Å². The maximum atomic E-state index is 11.8. The van der Waals surface area contributed by atoms with Crippen LogP contribution in [0.5, 0.6) is 0 Å². The lowest BCUT2D eigenvalue weighted by Gasteiger charge is -2.48. The van der Waals surface area contributed by atoms with Crippen LogP contribution in [0.1, 0.15) is 6.92 Å². The highest BCUT2D eigenvalue weighted by molar-refractivity contribution is 5.73. The lowest BCUT2D eigenvalue weighted by atomic mass is 9.96. The number of carbonyl (C=O) groups is 1. The first-order valence-corrected chi connectivity index (χ1v) is 18.6. The third-order valence-corrected chi connectivity index (χ3v) is 10.7. The summed E-state index contributed by atoms with van der Waals surface area (Å²) >= 11 is 0. The predicted molar refractivity (Wildman–Crippen MR) is 178 cm³/mol. The summed E-state index contributed by atoms with van der Waals surface area (Å²) in [5.41, 5.74) is 0. The molecule has 5 aliphatic rings. The van der Waals surface area contributed by atoms with Crippen molar-refractivity contribution in [2.45, 2.75) is 160 Å². The van der Waals surface area contributed by atoms with Crippen LogP contribution in [-0.4, -0.2) is 274 Å². The zero-order valence-corrected chi connectivity index (χ0v) is 31.2. The molecule has 5 fully saturated rings. The molecule has 17 N–H and O–H groups in total. The molecule has 5 saturated heterocycles. The van der Waals surface area contributed by atoms with Gasteiger partial charge < -0.3 is 130 Å². The molecule has 0 spiro atoms. The molecule has 5 aliphatic heterocycles. The maximum Gasteiger partial charge on any atom is 0.217 e. The summed E-state index contributed by atoms with van der Waals surface area (Å²) in [7, 11) is 0. The van der Waals surface area contributed by atoms with E-state index in [1.807, 2.05) is 0 Å². The van der Waals surface area contributed by atoms with Crippen molar-refractivity contribution in [3.63, 3.8) is 0 Å². The molecule has 5 rings (SSSR count). The second kappa shape index (κ2) is 20.8. The van der Waals surface area contributed by atoms with E-state index >= 15 is 0 Å². The Labute approximate surface area is 333 Å². The number of hydrogen-bond acceptors (Lipinski definition) is 26. The van der Waals surface area contributed by atoms with Gasteiger partial charge in [0.15, 0.2) is 31.5 Å². The maximum absolute atomic E-state index is 11.8. The fourth-order valence-corrected chi connectivity index (χ4v) is 7.20. The van der Waals surface area contributed by atoms with Crippen molar-refractivity contribution in [1.29, 1.82) is 0 Å². The molecule has 27 nitrogen and oxygen atoms in total. The lowest BCUT2D eigenvalue weighted by molar-refractivity contribution is -0.390. The van der Waals surface area contributed by atoms with Gasteiger partial charge in [-0.2, -0.15) is 0 Å². The van der Waals surface area contributed by atoms with Crippen molar-refractivity contribution < 1.29 is 129 Å². The average Bonchev–Trinajstić information content (AvgIpc) is 3.21. The Hall–Kier alpha value is -1.53. The summed E-state index contributed by atoms with van der Waals surface area (Å²) in [4.78, 5) is 11.8. The highest BCUT2D eigenvalue weighted by atomic mass is 16.8. The number of amides is 1. The summed E-state index contributed by atoms with van der Waals surface area (Å²) in [6.45, 7) is -2.94. The van der Waals surface area contributed by atoms with Crippen LogP contribution < -0.4 is 5.32 Å². The fraction of sp³-hybridized carbons (Fsp3) is 0.969. The Morgan fingerprint density at radius 1 is 0.441 bits per heavy atom. The number of nitrogens with one attached hydrogen (secondary N) is 1. The Kier molecular flexibility index (Phi) is 17.1. The molecule has 59 heavy (non-hydrogen) atoms. The first-order chi connectivity index (χ1) is 27.8. The molecular weight excluding hydrogens is 814 g/mol. The predicted octanol–water partition coefficient (Wildman–Crippen LogP) is -11.8. The topological polar surface area (TPSA) is 436 Å². The van der Waals surface area contributed by atoms with E-state index in [2.05, 4.69) is 5.32 Å². The largest absolute Gasteiger partial charge is 0.394 e. The molecule has 5 heterocycles. The van der Waals surface area contributed by atoms with E-state index in [1.165, 1.54) is 0 Å². The fourth-order valence-electron chi connectivity index (χ4n) is 7.20. The number of hydrogen-bond donors (Lipinski definition) is 17. The van der Waals surface area contributed by atoms with Gasteiger partial charge in [0.05, 0.1) is 33.0 Å². The third-order valence-electron chi connectivity index (χ3n) is 10.7. The molecule has 0 aromatic heterocycles. The van der Waals surface area contributed by atoms with E-state index < -0.39 is 192 Å². The third kappa shape index (κ3) is 10.5. The Bertz CT molecular complexity index is 1320. The van der Waals surface area contributed by atoms with Crippen LogP contribution in [0.4, 0.5) is 0 Å². The zero-order valence-electron chi connectivity index (χ0n) is 31.2. The van der Waals surface area contributed by atoms with E-state index in [4.69, 9.17) is 42.6 Å². The molecular formula is C32H55NO26. The number of aliphatic hydroxyl groups is 16. The SMILES string of the molecule is CC(=O)N[C@H]1[C@H](OC[C@H]2O[C@H](O[C@H]3[C@@H](O[C@H]4[C@H](O)[C@@H](CO[C@H]5O[C@H](CO)[C@H](O)[C@H](O)[C@H]5O)OC(O)[C@@H]4O)O[C@H](CO)[C@@H](O)[C@@H]3O)[C@H](O)[C@@H](O)[C@@H]2O)O[C@H](CO)[C@@H](O)[C@@H]1O. The highest BCUT2D eigenvalue weighted by Crippen LogP contribution is 2.34. The van der Waals surface area contributed by atoms with Gasteiger partial charge in [-0.3, -0.25) is 4.79 Å². The molecule has 25 atom stereocenters. The number of rotatable bonds is 14. The molecule has 0 aromatic rings. The van der Waals surface area contributed by atoms with Gasteiger partial charge in [0.1, 0.15) is 122 Å². The minimum absolute atomic E-state index is 0.676. The summed E-state index contributed by atoms with van der Waals surface area (Å²) in [6, 6.07) is -1.42. The van der Waals surface area contributed by atoms with Crippen molar-refractivity contribution in [1.82, 2.24) is 5.32 Å². The number of aliphatic hydroxyl groups excluding tert-OH is 16. The van der Waals surface area contributed by atoms with Gasteiger partial charge in [-0.25, -0.2) is 0 Å². The smallest absolute Gasteiger partial charge is 0.217 e. The standard InChI is InChI=1S/C32H55NO26/c1-7(37)33-13-19(43)14(38)8(2-34)54-29(13)51-5-11-17(41)21(45)24(48)31(57-11)59-27-22(46)16(40)10(4-36)56-32(27)58-26-18(42)12(53-28(50)25(26)49)6-52-30-23(47)20(44)15(39)9(3-35)55-30/h8-32,34-36,38-50H,2-6H2,1H3,(H,33,37)/t8-,9-,10-,11-,12-,13-,14-,15+,16-,17-,18-,19-,20+,21+,22+,23-,24-,25-,26+,27-,28?,29-,30+,31-,32-/m1/s1. The number of ether oxygens (including phenoxy) is 9. The summed E-state index contributed by atoms with van der Waals surface area (Å²) in [6.07, 6.45) is -44.2. The molecule has 1 unspecified atom stereocenters. The first kappa shape index (κ1) is 48.5. The molecule has 0 aromatic carbocycles. The van der Waals surface area contributed by atoms with Gasteiger partial charge in [0, 0.05) is 6.92 Å². The minimum atomic E-state index is -2.13. The summed E-state index contributed by atoms with van der Waals surface area (Å²) < 4.78 is 49.7. The van der Waals surface area contributed by atoms with Gasteiger partial charge in [-0.15, -0.1) is 0 Å². The normalized spacial score (nSPS) is 51.0. The zero-order chi connectivity index (χ0) is 43.6. The van der Waals surface area contributed by atoms with Crippen LogP contribution >= 0.6 is 0 Å². The molecule has 344 valence electrons. The second-order valence-electron chi connectivity index (χ2n) is 14.8. The molecule has 27 heteroatoms. The highest BCUT2D eigenvalue weighted by Gasteiger charge is 2.55. The van der Waals surface area contributed by atoms with Crippen LogP contribution in [0.25, 0.3) is 0 Å². The van der Waals surface area contributed by atoms with Crippen molar-refractivity contribution in [2.24, 2.45) is 0 Å². The molecule has 1 amide bonds. The summed E-state index contributed by atoms with van der Waals surface area (Å²) in [5, 5.41) is 169. The minimum Gasteiger partial charge on any atom is -0.394 e. The van der Waals surface area contributed by atoms with Gasteiger partial charge in [-0.05, 0) is 0 Å². The second-order valence-corrected chi connectivity index (χ2v) is 14.8. The van der Waals surface area contributed by atoms with Crippen molar-refractivity contribution in [3.05, 3.63) is 0 Å². The van der Waals surface area contributed by atoms with Gasteiger partial charge in [-0.1, -0.05) is 0 Å². The number of carbonyl (C=O) groups excluding carboxylic acids is 1. The Morgan fingerprint density at radius 2 is 0.864 bits per heavy atom. The first-order valence-electron chi connectivity index (χ1n) is 18.6. The van der Waals surface area contributed by atoms with Crippen molar-refractivity contribution in [3.8, 4) is 0 Å². The molecule has 0 saturated carbocycles. The van der Waals surface area contributed by atoms with Gasteiger partial charge >= 0.3 is 0 Å². The van der Waals surface area contributed by atoms with E-state index in [0.717, 1.165) is 6.92 Å². The molecule has 0 bridgehead atoms. The van der Waals surface area contributed by atoms with E-state index in [0.29, 0.717) is 0 Å². The Morgan fingerprint density at radius 3 is 1.42 bits per heavy atom. The van der Waals surface area contributed by atoms with E-state index in [1.54, 1.807) is 0 Å².